The molecule has 0 saturated carbocycles. The number of hydrogen-bond donors (Lipinski definition) is 0. The Kier molecular flexibility index (Phi) is 3.96. The zero-order valence-corrected chi connectivity index (χ0v) is 15.1. The van der Waals surface area contributed by atoms with Gasteiger partial charge in [0.2, 0.25) is 0 Å². The average Bonchev–Trinajstić information content (AvgIpc) is 3.01. The van der Waals surface area contributed by atoms with Gasteiger partial charge in [-0.05, 0) is 43.7 Å². The van der Waals surface area contributed by atoms with E-state index in [0.717, 1.165) is 6.42 Å². The van der Waals surface area contributed by atoms with Crippen LogP contribution in [0.4, 0.5) is 5.69 Å². The topological polar surface area (TPSA) is 8.17 Å². The van der Waals surface area contributed by atoms with Gasteiger partial charge in [0.25, 0.3) is 0 Å². The van der Waals surface area contributed by atoms with Gasteiger partial charge >= 0.3 is 0 Å². The average molecular weight is 328 g/mol. The quantitative estimate of drug-likeness (QED) is 0.445. The van der Waals surface area contributed by atoms with Crippen LogP contribution in [0.5, 0.6) is 0 Å². The van der Waals surface area contributed by atoms with E-state index in [0.29, 0.717) is 6.04 Å². The summed E-state index contributed by atoms with van der Waals surface area (Å²) >= 11 is 0. The molecule has 0 N–H and O–H groups in total. The summed E-state index contributed by atoms with van der Waals surface area (Å²) < 4.78 is 2.37. The van der Waals surface area contributed by atoms with Crippen LogP contribution in [-0.2, 0) is 0 Å². The van der Waals surface area contributed by atoms with Crippen molar-refractivity contribution < 1.29 is 0 Å². The molecule has 2 heteroatoms. The van der Waals surface area contributed by atoms with E-state index in [4.69, 9.17) is 0 Å². The van der Waals surface area contributed by atoms with E-state index < -0.39 is 0 Å². The Morgan fingerprint density at radius 2 is 1.52 bits per heavy atom. The maximum absolute atomic E-state index is 2.37. The van der Waals surface area contributed by atoms with Crippen molar-refractivity contribution in [3.63, 3.8) is 0 Å². The molecule has 0 aliphatic heterocycles. The normalized spacial score (nSPS) is 12.6. The van der Waals surface area contributed by atoms with Crippen molar-refractivity contribution in [2.45, 2.75) is 26.3 Å². The maximum Gasteiger partial charge on any atom is 0.0561 e. The molecule has 0 saturated heterocycles. The fourth-order valence-electron chi connectivity index (χ4n) is 3.56. The van der Waals surface area contributed by atoms with Crippen LogP contribution in [0, 0.1) is 0 Å². The van der Waals surface area contributed by atoms with E-state index in [1.165, 1.54) is 33.2 Å². The largest absolute Gasteiger partial charge is 0.372 e. The van der Waals surface area contributed by atoms with Gasteiger partial charge in [0.1, 0.15) is 0 Å². The molecular weight excluding hydrogens is 304 g/mol. The lowest BCUT2D eigenvalue weighted by Crippen LogP contribution is -2.27. The summed E-state index contributed by atoms with van der Waals surface area (Å²) in [5, 5.41) is 2.61. The fourth-order valence-corrected chi connectivity index (χ4v) is 3.56. The van der Waals surface area contributed by atoms with Crippen LogP contribution >= 0.6 is 0 Å². The minimum Gasteiger partial charge on any atom is -0.372 e. The van der Waals surface area contributed by atoms with E-state index in [-0.39, 0.29) is 0 Å². The molecule has 25 heavy (non-hydrogen) atoms. The lowest BCUT2D eigenvalue weighted by Gasteiger charge is -2.26. The van der Waals surface area contributed by atoms with E-state index in [9.17, 15) is 0 Å². The Labute approximate surface area is 149 Å². The lowest BCUT2D eigenvalue weighted by molar-refractivity contribution is 0.664. The minimum atomic E-state index is 0.520. The van der Waals surface area contributed by atoms with Crippen LogP contribution in [0.2, 0.25) is 0 Å². The molecule has 0 bridgehead atoms. The number of hydrogen-bond acceptors (Lipinski definition) is 1. The lowest BCUT2D eigenvalue weighted by atomic mass is 10.1. The number of para-hydroxylation sites is 2. The van der Waals surface area contributed by atoms with E-state index in [1.54, 1.807) is 0 Å². The second-order valence-electron chi connectivity index (χ2n) is 6.76. The van der Waals surface area contributed by atoms with Crippen LogP contribution in [0.15, 0.2) is 72.8 Å². The minimum absolute atomic E-state index is 0.520. The molecule has 0 spiro atoms. The number of nitrogens with zero attached hydrogens (tertiary/aromatic N) is 2. The van der Waals surface area contributed by atoms with Crippen LogP contribution < -0.4 is 4.90 Å². The van der Waals surface area contributed by atoms with Gasteiger partial charge in [0.15, 0.2) is 0 Å². The molecule has 2 nitrogen and oxygen atoms in total. The summed E-state index contributed by atoms with van der Waals surface area (Å²) in [6.07, 6.45) is 1.14. The third kappa shape index (κ3) is 2.58. The third-order valence-corrected chi connectivity index (χ3v) is 5.33. The van der Waals surface area contributed by atoms with E-state index in [2.05, 4.69) is 103 Å². The van der Waals surface area contributed by atoms with Crippen molar-refractivity contribution in [2.75, 3.05) is 11.9 Å². The van der Waals surface area contributed by atoms with Gasteiger partial charge in [0.05, 0.1) is 11.0 Å². The highest BCUT2D eigenvalue weighted by Crippen LogP contribution is 2.34. The Morgan fingerprint density at radius 3 is 2.28 bits per heavy atom. The molecule has 126 valence electrons. The molecule has 1 atom stereocenters. The van der Waals surface area contributed by atoms with Crippen LogP contribution in [-0.4, -0.2) is 17.7 Å². The first kappa shape index (κ1) is 15.8. The van der Waals surface area contributed by atoms with Crippen molar-refractivity contribution in [1.29, 1.82) is 0 Å². The molecule has 1 heterocycles. The molecule has 1 aromatic heterocycles. The predicted octanol–water partition coefficient (Wildman–Crippen LogP) is 6.02. The highest BCUT2D eigenvalue weighted by atomic mass is 15.1. The Hall–Kier alpha value is -2.74. The van der Waals surface area contributed by atoms with Gasteiger partial charge in [-0.2, -0.15) is 0 Å². The van der Waals surface area contributed by atoms with Gasteiger partial charge in [-0.15, -0.1) is 0 Å². The Bertz CT molecular complexity index is 1010. The number of aromatic nitrogens is 1. The van der Waals surface area contributed by atoms with Gasteiger partial charge in [-0.3, -0.25) is 0 Å². The van der Waals surface area contributed by atoms with Gasteiger partial charge in [0, 0.05) is 35.2 Å². The first-order valence-corrected chi connectivity index (χ1v) is 9.02. The van der Waals surface area contributed by atoms with Gasteiger partial charge < -0.3 is 9.47 Å². The molecule has 0 amide bonds. The molecular formula is C23H24N2. The number of fused-ring (bicyclic) bond motifs is 3. The molecule has 4 rings (SSSR count). The van der Waals surface area contributed by atoms with Gasteiger partial charge in [-0.25, -0.2) is 0 Å². The molecule has 0 aliphatic carbocycles. The molecule has 0 fully saturated rings. The summed E-state index contributed by atoms with van der Waals surface area (Å²) in [7, 11) is 2.19. The third-order valence-electron chi connectivity index (χ3n) is 5.33. The zero-order valence-electron chi connectivity index (χ0n) is 15.1. The monoisotopic (exact) mass is 328 g/mol. The van der Waals surface area contributed by atoms with E-state index >= 15 is 0 Å². The van der Waals surface area contributed by atoms with E-state index in [1.807, 2.05) is 0 Å². The van der Waals surface area contributed by atoms with Crippen LogP contribution in [0.3, 0.4) is 0 Å². The number of benzene rings is 3. The highest BCUT2D eigenvalue weighted by molar-refractivity contribution is 6.10. The highest BCUT2D eigenvalue weighted by Gasteiger charge is 2.14. The second-order valence-corrected chi connectivity index (χ2v) is 6.76. The SMILES string of the molecule is CCC(C)N(C)c1ccc2c3ccccc3n(-c3ccccc3)c2c1. The van der Waals surface area contributed by atoms with Crippen LogP contribution in [0.1, 0.15) is 20.3 Å². The van der Waals surface area contributed by atoms with Crippen molar-refractivity contribution in [1.82, 2.24) is 4.57 Å². The number of anilines is 1. The van der Waals surface area contributed by atoms with Crippen molar-refractivity contribution in [3.8, 4) is 5.69 Å². The predicted molar refractivity (Wildman–Crippen MR) is 109 cm³/mol. The smallest absolute Gasteiger partial charge is 0.0561 e. The molecule has 4 aromatic rings. The van der Waals surface area contributed by atoms with Crippen molar-refractivity contribution >= 4 is 27.5 Å². The molecule has 0 aliphatic rings. The molecule has 3 aromatic carbocycles. The summed E-state index contributed by atoms with van der Waals surface area (Å²) in [6.45, 7) is 4.51. The van der Waals surface area contributed by atoms with Crippen LogP contribution in [0.25, 0.3) is 27.5 Å². The first-order valence-electron chi connectivity index (χ1n) is 9.02. The first-order chi connectivity index (χ1) is 12.2. The Morgan fingerprint density at radius 1 is 0.840 bits per heavy atom. The zero-order chi connectivity index (χ0) is 17.4. The fraction of sp³-hybridized carbons (Fsp3) is 0.217. The summed E-state index contributed by atoms with van der Waals surface area (Å²) in [5.74, 6) is 0. The summed E-state index contributed by atoms with van der Waals surface area (Å²) in [6, 6.07) is 26.7. The summed E-state index contributed by atoms with van der Waals surface area (Å²) in [5.41, 5.74) is 4.99. The molecule has 1 unspecified atom stereocenters. The number of rotatable bonds is 4. The van der Waals surface area contributed by atoms with Gasteiger partial charge in [-0.1, -0.05) is 49.4 Å². The Balaban J connectivity index is 2.02. The summed E-state index contributed by atoms with van der Waals surface area (Å²) in [4.78, 5) is 2.37. The second kappa shape index (κ2) is 6.29. The molecule has 0 radical (unpaired) electrons. The van der Waals surface area contributed by atoms with Crippen molar-refractivity contribution in [3.05, 3.63) is 72.8 Å². The standard InChI is InChI=1S/C23H24N2/c1-4-17(2)24(3)19-14-15-21-20-12-8-9-13-22(20)25(23(21)16-19)18-10-6-5-7-11-18/h5-17H,4H2,1-3H3. The maximum atomic E-state index is 2.37. The van der Waals surface area contributed by atoms with Crippen molar-refractivity contribution in [2.24, 2.45) is 0 Å².